The lowest BCUT2D eigenvalue weighted by atomic mass is 9.74. The summed E-state index contributed by atoms with van der Waals surface area (Å²) in [4.78, 5) is 0. The van der Waals surface area contributed by atoms with Crippen LogP contribution in [0.15, 0.2) is 30.3 Å². The maximum absolute atomic E-state index is 5.56. The minimum absolute atomic E-state index is 0. The summed E-state index contributed by atoms with van der Waals surface area (Å²) in [6, 6.07) is 11.2. The highest BCUT2D eigenvalue weighted by molar-refractivity contribution is 5.15. The fourth-order valence-corrected chi connectivity index (χ4v) is 5.69. The van der Waals surface area contributed by atoms with Crippen molar-refractivity contribution in [3.8, 4) is 0 Å². The van der Waals surface area contributed by atoms with E-state index >= 15 is 0 Å². The van der Waals surface area contributed by atoms with E-state index in [1.54, 1.807) is 5.56 Å². The van der Waals surface area contributed by atoms with E-state index in [4.69, 9.17) is 4.74 Å². The van der Waals surface area contributed by atoms with Crippen molar-refractivity contribution in [1.82, 2.24) is 0 Å². The third kappa shape index (κ3) is 5.61. The van der Waals surface area contributed by atoms with Gasteiger partial charge in [-0.25, -0.2) is 0 Å². The van der Waals surface area contributed by atoms with E-state index in [0.717, 1.165) is 25.0 Å². The van der Waals surface area contributed by atoms with Crippen LogP contribution < -0.4 is 24.8 Å². The predicted molar refractivity (Wildman–Crippen MR) is 102 cm³/mol. The van der Waals surface area contributed by atoms with Crippen LogP contribution in [0.5, 0.6) is 0 Å². The number of rotatable bonds is 6. The fraction of sp³-hybridized carbons (Fsp3) is 0.727. The zero-order chi connectivity index (χ0) is 17.2. The Kier molecular flexibility index (Phi) is 8.45. The summed E-state index contributed by atoms with van der Waals surface area (Å²) in [7, 11) is 2.43. The van der Waals surface area contributed by atoms with Gasteiger partial charge in [-0.1, -0.05) is 30.3 Å². The Bertz CT molecular complexity index is 555. The van der Waals surface area contributed by atoms with Gasteiger partial charge in [0.05, 0.1) is 53.0 Å². The maximum Gasteiger partial charge on any atom is 0.102 e. The van der Waals surface area contributed by atoms with Gasteiger partial charge in [0, 0.05) is 25.2 Å². The molecule has 0 radical (unpaired) electrons. The molecule has 3 nitrogen and oxygen atoms in total. The Balaban J connectivity index is 0.00000131. The molecule has 4 aliphatic heterocycles. The van der Waals surface area contributed by atoms with Crippen LogP contribution in [0.25, 0.3) is 0 Å². The molecule has 4 aliphatic rings. The van der Waals surface area contributed by atoms with E-state index in [0.29, 0.717) is 0 Å². The monoisotopic (exact) mass is 414 g/mol. The molecule has 0 aromatic heterocycles. The molecule has 0 saturated carbocycles. The minimum atomic E-state index is 0. The third-order valence-corrected chi connectivity index (χ3v) is 7.46. The highest BCUT2D eigenvalue weighted by atomic mass is 35.5. The molecule has 4 saturated heterocycles. The molecule has 0 N–H and O–H groups in total. The van der Waals surface area contributed by atoms with Crippen molar-refractivity contribution in [3.05, 3.63) is 35.9 Å². The Hall–Kier alpha value is -0.320. The summed E-state index contributed by atoms with van der Waals surface area (Å²) in [5.41, 5.74) is 1.55. The lowest BCUT2D eigenvalue weighted by Gasteiger charge is -2.53. The number of piperidine rings is 3. The molecule has 5 heteroatoms. The molecule has 5 rings (SSSR count). The van der Waals surface area contributed by atoms with Crippen molar-refractivity contribution in [1.29, 1.82) is 0 Å². The van der Waals surface area contributed by atoms with Gasteiger partial charge in [-0.05, 0) is 17.9 Å². The number of hydrogen-bond acceptors (Lipinski definition) is 1. The van der Waals surface area contributed by atoms with Crippen LogP contribution in [0.3, 0.4) is 0 Å². The summed E-state index contributed by atoms with van der Waals surface area (Å²) in [6.45, 7) is 11.4. The fourth-order valence-electron chi connectivity index (χ4n) is 5.69. The van der Waals surface area contributed by atoms with Crippen molar-refractivity contribution in [3.63, 3.8) is 0 Å². The molecule has 1 aromatic carbocycles. The van der Waals surface area contributed by atoms with E-state index in [1.807, 2.05) is 0 Å². The summed E-state index contributed by atoms with van der Waals surface area (Å²) in [5, 5.41) is 0. The topological polar surface area (TPSA) is 9.23 Å². The summed E-state index contributed by atoms with van der Waals surface area (Å²) in [6.07, 6.45) is 5.63. The second-order valence-corrected chi connectivity index (χ2v) is 9.24. The quantitative estimate of drug-likeness (QED) is 0.449. The molecule has 4 heterocycles. The molecule has 27 heavy (non-hydrogen) atoms. The molecular weight excluding hydrogens is 379 g/mol. The van der Waals surface area contributed by atoms with Crippen LogP contribution >= 0.6 is 0 Å². The summed E-state index contributed by atoms with van der Waals surface area (Å²) in [5.74, 6) is 1.90. The number of hydrogen-bond donors (Lipinski definition) is 0. The Morgan fingerprint density at radius 3 is 2.26 bits per heavy atom. The molecule has 2 bridgehead atoms. The van der Waals surface area contributed by atoms with Gasteiger partial charge in [0.25, 0.3) is 0 Å². The maximum atomic E-state index is 5.56. The lowest BCUT2D eigenvalue weighted by molar-refractivity contribution is -0.955. The van der Waals surface area contributed by atoms with Gasteiger partial charge in [0.15, 0.2) is 0 Å². The zero-order valence-corrected chi connectivity index (χ0v) is 18.3. The van der Waals surface area contributed by atoms with Crippen molar-refractivity contribution >= 4 is 0 Å². The molecule has 1 atom stereocenters. The van der Waals surface area contributed by atoms with Crippen LogP contribution in [-0.2, 0) is 11.2 Å². The average Bonchev–Trinajstić information content (AvgIpc) is 2.64. The highest BCUT2D eigenvalue weighted by Crippen LogP contribution is 2.39. The number of quaternary nitrogens is 2. The first-order chi connectivity index (χ1) is 12.2. The molecule has 0 amide bonds. The first-order valence-corrected chi connectivity index (χ1v) is 10.5. The average molecular weight is 415 g/mol. The van der Waals surface area contributed by atoms with Crippen LogP contribution in [0.2, 0.25) is 0 Å². The number of morpholine rings is 1. The van der Waals surface area contributed by atoms with Crippen molar-refractivity contribution in [2.24, 2.45) is 11.8 Å². The van der Waals surface area contributed by atoms with Crippen LogP contribution in [-0.4, -0.2) is 75.0 Å². The summed E-state index contributed by atoms with van der Waals surface area (Å²) < 4.78 is 8.21. The number of nitrogens with zero attached hydrogens (tertiary/aromatic N) is 2. The number of fused-ring (bicyclic) bond motifs is 3. The van der Waals surface area contributed by atoms with Crippen LogP contribution in [0, 0.1) is 11.8 Å². The third-order valence-electron chi connectivity index (χ3n) is 7.46. The second kappa shape index (κ2) is 9.93. The zero-order valence-electron chi connectivity index (χ0n) is 16.8. The Labute approximate surface area is 178 Å². The standard InChI is InChI=1S/C22H36N2O.2ClH/c1-23(14-16-25-17-15-23)10-5-11-24-12-8-21(9-13-24)22(19-24)18-20-6-3-2-4-7-20;;/h2-4,6-7,21-22H,5,8-19H2,1H3;2*1H/q+2;;/p-2. The molecule has 0 spiro atoms. The van der Waals surface area contributed by atoms with E-state index in [9.17, 15) is 0 Å². The van der Waals surface area contributed by atoms with Gasteiger partial charge in [-0.15, -0.1) is 0 Å². The number of halogens is 2. The normalized spacial score (nSPS) is 31.6. The molecule has 1 aromatic rings. The second-order valence-electron chi connectivity index (χ2n) is 9.24. The number of ether oxygens (including phenoxy) is 1. The first-order valence-electron chi connectivity index (χ1n) is 10.5. The predicted octanol–water partition coefficient (Wildman–Crippen LogP) is -3.04. The van der Waals surface area contributed by atoms with Crippen LogP contribution in [0.1, 0.15) is 24.8 Å². The minimum Gasteiger partial charge on any atom is -1.00 e. The van der Waals surface area contributed by atoms with Gasteiger partial charge >= 0.3 is 0 Å². The van der Waals surface area contributed by atoms with Gasteiger partial charge in [0.1, 0.15) is 13.1 Å². The van der Waals surface area contributed by atoms with E-state index in [-0.39, 0.29) is 24.8 Å². The van der Waals surface area contributed by atoms with Gasteiger partial charge in [-0.2, -0.15) is 0 Å². The van der Waals surface area contributed by atoms with Crippen molar-refractivity contribution in [2.75, 3.05) is 66.1 Å². The molecule has 0 aliphatic carbocycles. The van der Waals surface area contributed by atoms with E-state index in [1.165, 1.54) is 80.5 Å². The SMILES string of the molecule is C[N+]1(CCC[N+]23CCC(CC2)C(Cc2ccccc2)C3)CCOCC1.[Cl-].[Cl-]. The number of likely N-dealkylation sites (N-methyl/N-ethyl adjacent to an activating group) is 1. The first kappa shape index (κ1) is 23.0. The van der Waals surface area contributed by atoms with Crippen LogP contribution in [0.4, 0.5) is 0 Å². The molecule has 154 valence electrons. The molecule has 4 fully saturated rings. The van der Waals surface area contributed by atoms with Gasteiger partial charge in [0.2, 0.25) is 0 Å². The largest absolute Gasteiger partial charge is 1.00 e. The van der Waals surface area contributed by atoms with Gasteiger partial charge in [-0.3, -0.25) is 0 Å². The van der Waals surface area contributed by atoms with Crippen molar-refractivity contribution in [2.45, 2.75) is 25.7 Å². The molecule has 1 unspecified atom stereocenters. The Morgan fingerprint density at radius 2 is 1.59 bits per heavy atom. The molecular formula is C22H36Cl2N2O. The highest BCUT2D eigenvalue weighted by Gasteiger charge is 2.45. The summed E-state index contributed by atoms with van der Waals surface area (Å²) >= 11 is 0. The smallest absolute Gasteiger partial charge is 0.102 e. The van der Waals surface area contributed by atoms with Crippen molar-refractivity contribution < 1.29 is 38.5 Å². The Morgan fingerprint density at radius 1 is 0.926 bits per heavy atom. The van der Waals surface area contributed by atoms with Gasteiger partial charge < -0.3 is 38.5 Å². The van der Waals surface area contributed by atoms with E-state index in [2.05, 4.69) is 37.4 Å². The lowest BCUT2D eigenvalue weighted by Crippen LogP contribution is -3.00. The van der Waals surface area contributed by atoms with E-state index < -0.39 is 0 Å². The number of benzene rings is 1.